The number of nitrogens with zero attached hydrogens (tertiary/aromatic N) is 1. The van der Waals surface area contributed by atoms with Gasteiger partial charge in [-0.3, -0.25) is 0 Å². The Morgan fingerprint density at radius 3 is 1.86 bits per heavy atom. The van der Waals surface area contributed by atoms with Gasteiger partial charge in [0.2, 0.25) is 0 Å². The summed E-state index contributed by atoms with van der Waals surface area (Å²) in [4.78, 5) is 0. The van der Waals surface area contributed by atoms with Crippen LogP contribution in [0.2, 0.25) is 0 Å². The monoisotopic (exact) mass is 189 g/mol. The van der Waals surface area contributed by atoms with Gasteiger partial charge in [0.05, 0.1) is 6.07 Å². The van der Waals surface area contributed by atoms with E-state index in [9.17, 15) is 0 Å². The SMILES string of the molecule is CC/C=C/CC/C=C/CC/C=C/C#N. The van der Waals surface area contributed by atoms with Crippen LogP contribution in [0.4, 0.5) is 0 Å². The molecule has 0 fully saturated rings. The minimum atomic E-state index is 0.967. The third kappa shape index (κ3) is 10.7. The van der Waals surface area contributed by atoms with Gasteiger partial charge in [0, 0.05) is 6.08 Å². The molecule has 0 amide bonds. The molecule has 0 aromatic rings. The molecule has 0 spiro atoms. The highest BCUT2D eigenvalue weighted by atomic mass is 14.2. The summed E-state index contributed by atoms with van der Waals surface area (Å²) in [5, 5.41) is 8.23. The maximum Gasteiger partial charge on any atom is 0.0908 e. The molecule has 0 unspecified atom stereocenters. The van der Waals surface area contributed by atoms with Gasteiger partial charge in [0.15, 0.2) is 0 Å². The minimum absolute atomic E-state index is 0.967. The Kier molecular flexibility index (Phi) is 10.6. The van der Waals surface area contributed by atoms with Crippen LogP contribution in [0.3, 0.4) is 0 Å². The third-order valence-electron chi connectivity index (χ3n) is 1.76. The summed E-state index contributed by atoms with van der Waals surface area (Å²) in [7, 11) is 0. The highest BCUT2D eigenvalue weighted by molar-refractivity contribution is 5.02. The topological polar surface area (TPSA) is 23.8 Å². The second-order valence-electron chi connectivity index (χ2n) is 3.04. The second-order valence-corrected chi connectivity index (χ2v) is 3.04. The van der Waals surface area contributed by atoms with Crippen LogP contribution < -0.4 is 0 Å². The molecule has 0 rings (SSSR count). The van der Waals surface area contributed by atoms with Crippen molar-refractivity contribution in [3.05, 3.63) is 36.5 Å². The molecule has 0 N–H and O–H groups in total. The molecule has 76 valence electrons. The number of hydrogen-bond acceptors (Lipinski definition) is 1. The first-order chi connectivity index (χ1) is 6.91. The number of hydrogen-bond donors (Lipinski definition) is 0. The molecule has 0 radical (unpaired) electrons. The zero-order valence-electron chi connectivity index (χ0n) is 8.95. The number of allylic oxidation sites excluding steroid dienone is 6. The maximum atomic E-state index is 8.23. The summed E-state index contributed by atoms with van der Waals surface area (Å²) in [6.45, 7) is 2.15. The van der Waals surface area contributed by atoms with Crippen LogP contribution >= 0.6 is 0 Å². The first-order valence-corrected chi connectivity index (χ1v) is 5.26. The van der Waals surface area contributed by atoms with Gasteiger partial charge in [-0.05, 0) is 32.1 Å². The van der Waals surface area contributed by atoms with Gasteiger partial charge in [-0.2, -0.15) is 5.26 Å². The molecule has 0 bridgehead atoms. The van der Waals surface area contributed by atoms with Crippen molar-refractivity contribution < 1.29 is 0 Å². The van der Waals surface area contributed by atoms with Crippen molar-refractivity contribution in [1.82, 2.24) is 0 Å². The van der Waals surface area contributed by atoms with E-state index in [0.717, 1.165) is 32.1 Å². The summed E-state index contributed by atoms with van der Waals surface area (Å²) >= 11 is 0. The molecule has 0 aliphatic heterocycles. The molecule has 1 nitrogen and oxygen atoms in total. The smallest absolute Gasteiger partial charge is 0.0908 e. The summed E-state index contributed by atoms with van der Waals surface area (Å²) in [5.41, 5.74) is 0. The lowest BCUT2D eigenvalue weighted by molar-refractivity contribution is 0.999. The molecule has 0 saturated heterocycles. The van der Waals surface area contributed by atoms with Crippen LogP contribution in [0, 0.1) is 11.3 Å². The van der Waals surface area contributed by atoms with Gasteiger partial charge in [-0.1, -0.05) is 37.3 Å². The van der Waals surface area contributed by atoms with Gasteiger partial charge >= 0.3 is 0 Å². The van der Waals surface area contributed by atoms with E-state index in [1.54, 1.807) is 0 Å². The fourth-order valence-corrected chi connectivity index (χ4v) is 1.04. The molecule has 1 heteroatoms. The molecule has 0 aliphatic carbocycles. The predicted molar refractivity (Wildman–Crippen MR) is 61.8 cm³/mol. The van der Waals surface area contributed by atoms with E-state index in [1.807, 2.05) is 12.1 Å². The van der Waals surface area contributed by atoms with E-state index >= 15 is 0 Å². The second kappa shape index (κ2) is 11.7. The largest absolute Gasteiger partial charge is 0.193 e. The fraction of sp³-hybridized carbons (Fsp3) is 0.462. The van der Waals surface area contributed by atoms with E-state index in [-0.39, 0.29) is 0 Å². The normalized spacial score (nSPS) is 11.7. The Bertz CT molecular complexity index is 228. The molecule has 0 aliphatic rings. The highest BCUT2D eigenvalue weighted by Gasteiger charge is 1.78. The molecule has 0 atom stereocenters. The molecular weight excluding hydrogens is 170 g/mol. The summed E-state index contributed by atoms with van der Waals surface area (Å²) < 4.78 is 0. The van der Waals surface area contributed by atoms with Gasteiger partial charge in [0.1, 0.15) is 0 Å². The Morgan fingerprint density at radius 1 is 0.857 bits per heavy atom. The van der Waals surface area contributed by atoms with Crippen LogP contribution in [-0.4, -0.2) is 0 Å². The lowest BCUT2D eigenvalue weighted by atomic mass is 10.2. The number of nitriles is 1. The number of rotatable bonds is 7. The quantitative estimate of drug-likeness (QED) is 0.335. The summed E-state index contributed by atoms with van der Waals surface area (Å²) in [5.74, 6) is 0. The van der Waals surface area contributed by atoms with Crippen molar-refractivity contribution in [1.29, 1.82) is 5.26 Å². The van der Waals surface area contributed by atoms with Crippen LogP contribution in [0.15, 0.2) is 36.5 Å². The summed E-state index contributed by atoms with van der Waals surface area (Å²) in [6, 6.07) is 1.98. The molecule has 0 aromatic heterocycles. The van der Waals surface area contributed by atoms with Crippen molar-refractivity contribution in [2.45, 2.75) is 39.0 Å². The van der Waals surface area contributed by atoms with Crippen LogP contribution in [0.25, 0.3) is 0 Å². The van der Waals surface area contributed by atoms with E-state index in [4.69, 9.17) is 5.26 Å². The van der Waals surface area contributed by atoms with Gasteiger partial charge in [0.25, 0.3) is 0 Å². The van der Waals surface area contributed by atoms with E-state index in [0.29, 0.717) is 0 Å². The van der Waals surface area contributed by atoms with Gasteiger partial charge in [-0.15, -0.1) is 0 Å². The Balaban J connectivity index is 3.24. The van der Waals surface area contributed by atoms with Crippen molar-refractivity contribution in [3.63, 3.8) is 0 Å². The summed E-state index contributed by atoms with van der Waals surface area (Å²) in [6.07, 6.45) is 17.6. The van der Waals surface area contributed by atoms with Crippen molar-refractivity contribution in [2.75, 3.05) is 0 Å². The standard InChI is InChI=1S/C13H19N/c1-2-3-4-5-6-7-8-9-10-11-12-13-14/h3-4,7-8,11-12H,2,5-6,9-10H2,1H3/b4-3+,8-7+,12-11+. The Morgan fingerprint density at radius 2 is 1.36 bits per heavy atom. The Hall–Kier alpha value is -1.29. The first-order valence-electron chi connectivity index (χ1n) is 5.26. The average Bonchev–Trinajstić information content (AvgIpc) is 2.21. The zero-order chi connectivity index (χ0) is 10.5. The third-order valence-corrected chi connectivity index (χ3v) is 1.76. The molecule has 0 heterocycles. The van der Waals surface area contributed by atoms with Crippen LogP contribution in [-0.2, 0) is 0 Å². The highest BCUT2D eigenvalue weighted by Crippen LogP contribution is 1.97. The van der Waals surface area contributed by atoms with Crippen molar-refractivity contribution >= 4 is 0 Å². The fourth-order valence-electron chi connectivity index (χ4n) is 1.04. The lowest BCUT2D eigenvalue weighted by Gasteiger charge is -1.87. The zero-order valence-corrected chi connectivity index (χ0v) is 8.95. The number of unbranched alkanes of at least 4 members (excludes halogenated alkanes) is 2. The van der Waals surface area contributed by atoms with Crippen LogP contribution in [0.5, 0.6) is 0 Å². The van der Waals surface area contributed by atoms with Crippen molar-refractivity contribution in [2.24, 2.45) is 0 Å². The molecule has 0 aromatic carbocycles. The van der Waals surface area contributed by atoms with E-state index in [1.165, 1.54) is 6.08 Å². The minimum Gasteiger partial charge on any atom is -0.193 e. The van der Waals surface area contributed by atoms with Crippen molar-refractivity contribution in [3.8, 4) is 6.07 Å². The lowest BCUT2D eigenvalue weighted by Crippen LogP contribution is -1.67. The molecular formula is C13H19N. The molecule has 14 heavy (non-hydrogen) atoms. The van der Waals surface area contributed by atoms with Crippen LogP contribution in [0.1, 0.15) is 39.0 Å². The molecule has 0 saturated carbocycles. The van der Waals surface area contributed by atoms with Gasteiger partial charge < -0.3 is 0 Å². The first kappa shape index (κ1) is 12.7. The van der Waals surface area contributed by atoms with Gasteiger partial charge in [-0.25, -0.2) is 0 Å². The maximum absolute atomic E-state index is 8.23. The predicted octanol–water partition coefficient (Wildman–Crippen LogP) is 4.15. The van der Waals surface area contributed by atoms with E-state index in [2.05, 4.69) is 31.2 Å². The van der Waals surface area contributed by atoms with E-state index < -0.39 is 0 Å². The Labute approximate surface area is 87.4 Å². The average molecular weight is 189 g/mol.